The minimum atomic E-state index is -0.555. The summed E-state index contributed by atoms with van der Waals surface area (Å²) < 4.78 is 11.5. The molecule has 1 heterocycles. The first kappa shape index (κ1) is 17.2. The van der Waals surface area contributed by atoms with E-state index in [4.69, 9.17) is 28.1 Å². The summed E-state index contributed by atoms with van der Waals surface area (Å²) in [6.45, 7) is 0.106. The number of carbonyl (C=O) groups excluding carboxylic acids is 2. The number of nitrogens with one attached hydrogen (secondary N) is 2. The maximum Gasteiger partial charge on any atom is 0.263 e. The van der Waals surface area contributed by atoms with Gasteiger partial charge in [-0.3, -0.25) is 20.2 Å². The predicted octanol–water partition coefficient (Wildman–Crippen LogP) is 1.23. The van der Waals surface area contributed by atoms with Gasteiger partial charge < -0.3 is 9.47 Å². The molecule has 1 aliphatic rings. The average Bonchev–Trinajstić information content (AvgIpc) is 2.49. The molecule has 1 aromatic rings. The van der Waals surface area contributed by atoms with Gasteiger partial charge in [0.2, 0.25) is 0 Å². The summed E-state index contributed by atoms with van der Waals surface area (Å²) >= 11 is 6.81. The van der Waals surface area contributed by atoms with Gasteiger partial charge in [0.15, 0.2) is 16.6 Å². The number of ether oxygens (including phenoxy) is 2. The number of amides is 2. The van der Waals surface area contributed by atoms with E-state index < -0.39 is 11.8 Å². The largest absolute Gasteiger partial charge is 0.493 e. The van der Waals surface area contributed by atoms with Gasteiger partial charge in [-0.25, -0.2) is 0 Å². The van der Waals surface area contributed by atoms with Crippen LogP contribution in [-0.2, 0) is 9.59 Å². The molecule has 2 N–H and O–H groups in total. The fourth-order valence-electron chi connectivity index (χ4n) is 1.85. The Hall–Kier alpha value is -2.12. The summed E-state index contributed by atoms with van der Waals surface area (Å²) in [5, 5.41) is 4.74. The Labute approximate surface area is 151 Å². The van der Waals surface area contributed by atoms with E-state index in [1.54, 1.807) is 12.1 Å². The summed E-state index contributed by atoms with van der Waals surface area (Å²) in [6.07, 6.45) is 6.63. The van der Waals surface area contributed by atoms with Gasteiger partial charge in [-0.15, -0.1) is 6.42 Å². The molecule has 0 spiro atoms. The van der Waals surface area contributed by atoms with Crippen molar-refractivity contribution in [2.75, 3.05) is 13.7 Å². The van der Waals surface area contributed by atoms with E-state index in [-0.39, 0.29) is 17.3 Å². The van der Waals surface area contributed by atoms with Crippen LogP contribution in [0.5, 0.6) is 11.5 Å². The normalized spacial score (nSPS) is 13.8. The Morgan fingerprint density at radius 1 is 1.35 bits per heavy atom. The van der Waals surface area contributed by atoms with Crippen LogP contribution < -0.4 is 20.1 Å². The molecule has 2 rings (SSSR count). The second-order valence-electron chi connectivity index (χ2n) is 4.32. The number of hydrogen-bond donors (Lipinski definition) is 2. The number of thiocarbonyl (C=S) groups is 1. The van der Waals surface area contributed by atoms with Crippen LogP contribution in [0, 0.1) is 15.9 Å². The SMILES string of the molecule is C#CCOc1c(I)cc(C=C2C(=O)NC(=S)NC2=O)cc1OC. The summed E-state index contributed by atoms with van der Waals surface area (Å²) in [7, 11) is 1.49. The van der Waals surface area contributed by atoms with Crippen molar-refractivity contribution in [2.24, 2.45) is 0 Å². The minimum Gasteiger partial charge on any atom is -0.493 e. The van der Waals surface area contributed by atoms with Crippen LogP contribution >= 0.6 is 34.8 Å². The lowest BCUT2D eigenvalue weighted by atomic mass is 10.1. The quantitative estimate of drug-likeness (QED) is 0.241. The molecule has 2 amide bonds. The maximum atomic E-state index is 11.9. The summed E-state index contributed by atoms with van der Waals surface area (Å²) in [6, 6.07) is 3.39. The van der Waals surface area contributed by atoms with Gasteiger partial charge in [-0.05, 0) is 58.6 Å². The molecular formula is C15H11IN2O4S. The second kappa shape index (κ2) is 7.43. The highest BCUT2D eigenvalue weighted by molar-refractivity contribution is 14.1. The van der Waals surface area contributed by atoms with Gasteiger partial charge in [-0.2, -0.15) is 0 Å². The third kappa shape index (κ3) is 4.00. The van der Waals surface area contributed by atoms with Crippen LogP contribution in [0.4, 0.5) is 0 Å². The molecule has 23 heavy (non-hydrogen) atoms. The zero-order valence-corrected chi connectivity index (χ0v) is 14.9. The maximum absolute atomic E-state index is 11.9. The highest BCUT2D eigenvalue weighted by atomic mass is 127. The molecule has 0 aromatic heterocycles. The van der Waals surface area contributed by atoms with Crippen LogP contribution in [0.1, 0.15) is 5.56 Å². The summed E-state index contributed by atoms with van der Waals surface area (Å²) in [5.41, 5.74) is 0.557. The van der Waals surface area contributed by atoms with Crippen molar-refractivity contribution in [3.63, 3.8) is 0 Å². The third-order valence-electron chi connectivity index (χ3n) is 2.81. The second-order valence-corrected chi connectivity index (χ2v) is 5.89. The van der Waals surface area contributed by atoms with Crippen molar-refractivity contribution in [2.45, 2.75) is 0 Å². The minimum absolute atomic E-state index is 0.0117. The third-order valence-corrected chi connectivity index (χ3v) is 3.81. The van der Waals surface area contributed by atoms with Crippen molar-refractivity contribution < 1.29 is 19.1 Å². The zero-order valence-electron chi connectivity index (χ0n) is 11.9. The molecule has 0 bridgehead atoms. The Morgan fingerprint density at radius 2 is 2.00 bits per heavy atom. The topological polar surface area (TPSA) is 76.7 Å². The number of halogens is 1. The number of methoxy groups -OCH3 is 1. The molecule has 118 valence electrons. The Balaban J connectivity index is 2.41. The number of rotatable bonds is 4. The van der Waals surface area contributed by atoms with E-state index in [0.29, 0.717) is 17.1 Å². The molecule has 0 atom stereocenters. The lowest BCUT2D eigenvalue weighted by Gasteiger charge is -2.17. The van der Waals surface area contributed by atoms with E-state index in [0.717, 1.165) is 3.57 Å². The molecule has 8 heteroatoms. The predicted molar refractivity (Wildman–Crippen MR) is 96.9 cm³/mol. The number of hydrogen-bond acceptors (Lipinski definition) is 5. The molecule has 0 saturated carbocycles. The van der Waals surface area contributed by atoms with Gasteiger partial charge in [-0.1, -0.05) is 5.92 Å². The number of terminal acetylenes is 1. The molecule has 0 unspecified atom stereocenters. The molecule has 1 aromatic carbocycles. The van der Waals surface area contributed by atoms with Gasteiger partial charge in [0.1, 0.15) is 12.2 Å². The van der Waals surface area contributed by atoms with Crippen molar-refractivity contribution in [3.8, 4) is 23.8 Å². The molecule has 1 aliphatic heterocycles. The highest BCUT2D eigenvalue weighted by Gasteiger charge is 2.26. The van der Waals surface area contributed by atoms with Gasteiger partial charge in [0, 0.05) is 0 Å². The molecular weight excluding hydrogens is 431 g/mol. The first-order chi connectivity index (χ1) is 11.0. The van der Waals surface area contributed by atoms with Crippen molar-refractivity contribution in [1.29, 1.82) is 0 Å². The lowest BCUT2D eigenvalue weighted by Crippen LogP contribution is -2.51. The van der Waals surface area contributed by atoms with Crippen molar-refractivity contribution in [3.05, 3.63) is 26.8 Å². The standard InChI is InChI=1S/C15H11IN2O4S/c1-3-4-22-12-10(16)6-8(7-11(12)21-2)5-9-13(19)17-15(23)18-14(9)20/h1,5-7H,4H2,2H3,(H2,17,18,19,20,23). The number of carbonyl (C=O) groups is 2. The molecule has 1 saturated heterocycles. The molecule has 0 radical (unpaired) electrons. The van der Waals surface area contributed by atoms with Gasteiger partial charge in [0.05, 0.1) is 10.7 Å². The van der Waals surface area contributed by atoms with E-state index in [1.807, 2.05) is 0 Å². The smallest absolute Gasteiger partial charge is 0.263 e. The van der Waals surface area contributed by atoms with Crippen LogP contribution in [0.2, 0.25) is 0 Å². The Morgan fingerprint density at radius 3 is 2.57 bits per heavy atom. The van der Waals surface area contributed by atoms with E-state index in [1.165, 1.54) is 13.2 Å². The van der Waals surface area contributed by atoms with Crippen LogP contribution in [0.3, 0.4) is 0 Å². The molecule has 6 nitrogen and oxygen atoms in total. The lowest BCUT2D eigenvalue weighted by molar-refractivity contribution is -0.123. The Bertz CT molecular complexity index is 745. The van der Waals surface area contributed by atoms with Crippen LogP contribution in [-0.4, -0.2) is 30.6 Å². The number of benzene rings is 1. The van der Waals surface area contributed by atoms with Crippen molar-refractivity contribution in [1.82, 2.24) is 10.6 Å². The fourth-order valence-corrected chi connectivity index (χ4v) is 2.82. The highest BCUT2D eigenvalue weighted by Crippen LogP contribution is 2.34. The Kier molecular flexibility index (Phi) is 5.57. The van der Waals surface area contributed by atoms with Gasteiger partial charge in [0.25, 0.3) is 11.8 Å². The molecule has 0 aliphatic carbocycles. The first-order valence-corrected chi connectivity index (χ1v) is 7.77. The van der Waals surface area contributed by atoms with E-state index in [2.05, 4.69) is 39.1 Å². The zero-order chi connectivity index (χ0) is 17.0. The monoisotopic (exact) mass is 442 g/mol. The van der Waals surface area contributed by atoms with Gasteiger partial charge >= 0.3 is 0 Å². The average molecular weight is 442 g/mol. The fraction of sp³-hybridized carbons (Fsp3) is 0.133. The van der Waals surface area contributed by atoms with E-state index in [9.17, 15) is 9.59 Å². The first-order valence-electron chi connectivity index (χ1n) is 6.28. The van der Waals surface area contributed by atoms with Crippen molar-refractivity contribution >= 4 is 57.8 Å². The summed E-state index contributed by atoms with van der Waals surface area (Å²) in [5.74, 6) is 2.23. The summed E-state index contributed by atoms with van der Waals surface area (Å²) in [4.78, 5) is 23.7. The van der Waals surface area contributed by atoms with Crippen LogP contribution in [0.15, 0.2) is 17.7 Å². The van der Waals surface area contributed by atoms with E-state index >= 15 is 0 Å². The molecule has 1 fully saturated rings. The van der Waals surface area contributed by atoms with Crippen LogP contribution in [0.25, 0.3) is 6.08 Å².